The predicted octanol–water partition coefficient (Wildman–Crippen LogP) is 4.02. The van der Waals surface area contributed by atoms with Gasteiger partial charge in [0.15, 0.2) is 0 Å². The molecule has 2 aliphatic heterocycles. The van der Waals surface area contributed by atoms with E-state index in [1.54, 1.807) is 30.3 Å². The maximum Gasteiger partial charge on any atom is 0.284 e. The molecule has 17 heavy (non-hydrogen) atoms. The van der Waals surface area contributed by atoms with E-state index >= 15 is 0 Å². The molecule has 4 nitrogen and oxygen atoms in total. The van der Waals surface area contributed by atoms with Crippen LogP contribution in [0.25, 0.3) is 11.1 Å². The Labute approximate surface area is 102 Å². The number of nitro benzene ring substituents is 1. The number of fused-ring (bicyclic) bond motifs is 2. The van der Waals surface area contributed by atoms with Gasteiger partial charge in [0.1, 0.15) is 17.1 Å². The van der Waals surface area contributed by atoms with E-state index in [4.69, 9.17) is 16.3 Å². The molecule has 0 atom stereocenters. The SMILES string of the molecule is O=[N+]([O-])c1cc2cc(c1-c1ccccc1Cl)O2. The third-order valence-electron chi connectivity index (χ3n) is 2.62. The summed E-state index contributed by atoms with van der Waals surface area (Å²) in [5, 5.41) is 11.5. The first-order valence-electron chi connectivity index (χ1n) is 4.92. The first-order valence-corrected chi connectivity index (χ1v) is 5.30. The van der Waals surface area contributed by atoms with E-state index in [9.17, 15) is 10.1 Å². The Kier molecular flexibility index (Phi) is 2.06. The van der Waals surface area contributed by atoms with Crippen molar-refractivity contribution >= 4 is 17.3 Å². The van der Waals surface area contributed by atoms with Gasteiger partial charge >= 0.3 is 0 Å². The summed E-state index contributed by atoms with van der Waals surface area (Å²) in [5.74, 6) is 1.02. The van der Waals surface area contributed by atoms with Gasteiger partial charge in [0.05, 0.1) is 11.0 Å². The lowest BCUT2D eigenvalue weighted by molar-refractivity contribution is -0.384. The summed E-state index contributed by atoms with van der Waals surface area (Å²) in [5.41, 5.74) is 1.08. The van der Waals surface area contributed by atoms with Crippen molar-refractivity contribution < 1.29 is 9.66 Å². The molecule has 2 aromatic rings. The van der Waals surface area contributed by atoms with Gasteiger partial charge in [0.25, 0.3) is 5.69 Å². The zero-order valence-corrected chi connectivity index (χ0v) is 9.27. The largest absolute Gasteiger partial charge is 0.456 e. The van der Waals surface area contributed by atoms with Crippen molar-refractivity contribution in [1.82, 2.24) is 0 Å². The second-order valence-electron chi connectivity index (χ2n) is 3.65. The summed E-state index contributed by atoms with van der Waals surface area (Å²) in [6.07, 6.45) is 0. The molecule has 0 unspecified atom stereocenters. The van der Waals surface area contributed by atoms with E-state index in [0.29, 0.717) is 27.6 Å². The van der Waals surface area contributed by atoms with Crippen LogP contribution in [0.2, 0.25) is 5.02 Å². The van der Waals surface area contributed by atoms with Crippen LogP contribution in [-0.2, 0) is 0 Å². The number of nitro groups is 1. The summed E-state index contributed by atoms with van der Waals surface area (Å²) in [7, 11) is 0. The van der Waals surface area contributed by atoms with Crippen LogP contribution in [0.1, 0.15) is 0 Å². The summed E-state index contributed by atoms with van der Waals surface area (Å²) in [6.45, 7) is 0. The smallest absolute Gasteiger partial charge is 0.284 e. The van der Waals surface area contributed by atoms with E-state index < -0.39 is 4.92 Å². The lowest BCUT2D eigenvalue weighted by atomic mass is 10.00. The molecule has 0 N–H and O–H groups in total. The fourth-order valence-electron chi connectivity index (χ4n) is 1.86. The molecule has 0 amide bonds. The topological polar surface area (TPSA) is 52.4 Å². The Hall–Kier alpha value is -2.07. The zero-order chi connectivity index (χ0) is 12.0. The van der Waals surface area contributed by atoms with Crippen LogP contribution in [0.3, 0.4) is 0 Å². The first-order chi connectivity index (χ1) is 8.16. The van der Waals surface area contributed by atoms with Crippen molar-refractivity contribution in [3.8, 4) is 22.6 Å². The van der Waals surface area contributed by atoms with Crippen LogP contribution in [-0.4, -0.2) is 4.92 Å². The Balaban J connectivity index is 2.29. The molecule has 2 aliphatic rings. The van der Waals surface area contributed by atoms with Gasteiger partial charge < -0.3 is 4.74 Å². The lowest BCUT2D eigenvalue weighted by Gasteiger charge is -2.20. The molecule has 0 aromatic heterocycles. The van der Waals surface area contributed by atoms with Crippen LogP contribution < -0.4 is 4.74 Å². The molecule has 2 heterocycles. The fraction of sp³-hybridized carbons (Fsp3) is 0. The van der Waals surface area contributed by atoms with Gasteiger partial charge in [0.2, 0.25) is 0 Å². The molecule has 0 saturated carbocycles. The van der Waals surface area contributed by atoms with Gasteiger partial charge in [-0.25, -0.2) is 0 Å². The standard InChI is InChI=1S/C12H6ClNO3/c13-9-4-2-1-3-8(9)12-10(14(15)16)5-7-6-11(12)17-7/h1-6H. The first kappa shape index (κ1) is 10.1. The molecule has 0 spiro atoms. The molecule has 0 saturated heterocycles. The molecular formula is C12H6ClNO3. The van der Waals surface area contributed by atoms with Crippen LogP contribution in [0.15, 0.2) is 36.4 Å². The van der Waals surface area contributed by atoms with Crippen molar-refractivity contribution in [2.75, 3.05) is 0 Å². The summed E-state index contributed by atoms with van der Waals surface area (Å²) in [4.78, 5) is 10.6. The summed E-state index contributed by atoms with van der Waals surface area (Å²) in [6, 6.07) is 10.2. The maximum absolute atomic E-state index is 11.0. The van der Waals surface area contributed by atoms with Crippen molar-refractivity contribution in [3.05, 3.63) is 51.5 Å². The molecule has 0 aliphatic carbocycles. The third-order valence-corrected chi connectivity index (χ3v) is 2.95. The molecule has 5 heteroatoms. The Morgan fingerprint density at radius 1 is 1.24 bits per heavy atom. The van der Waals surface area contributed by atoms with Gasteiger partial charge in [-0.05, 0) is 6.07 Å². The lowest BCUT2D eigenvalue weighted by Crippen LogP contribution is -2.03. The molecule has 2 bridgehead atoms. The molecular weight excluding hydrogens is 242 g/mol. The minimum Gasteiger partial charge on any atom is -0.456 e. The van der Waals surface area contributed by atoms with Crippen LogP contribution in [0.4, 0.5) is 5.69 Å². The minimum absolute atomic E-state index is 0.0249. The molecule has 2 aromatic carbocycles. The van der Waals surface area contributed by atoms with Crippen LogP contribution >= 0.6 is 11.6 Å². The van der Waals surface area contributed by atoms with Gasteiger partial charge in [-0.3, -0.25) is 10.1 Å². The average molecular weight is 248 g/mol. The number of halogens is 1. The molecule has 0 radical (unpaired) electrons. The number of hydrogen-bond acceptors (Lipinski definition) is 3. The van der Waals surface area contributed by atoms with Crippen molar-refractivity contribution in [3.63, 3.8) is 0 Å². The van der Waals surface area contributed by atoms with E-state index in [1.807, 2.05) is 0 Å². The van der Waals surface area contributed by atoms with Gasteiger partial charge in [-0.15, -0.1) is 0 Å². The number of ether oxygens (including phenoxy) is 1. The Bertz CT molecular complexity index is 640. The highest BCUT2D eigenvalue weighted by Gasteiger charge is 2.29. The number of rotatable bonds is 2. The van der Waals surface area contributed by atoms with Gasteiger partial charge in [0, 0.05) is 16.7 Å². The van der Waals surface area contributed by atoms with Crippen molar-refractivity contribution in [2.24, 2.45) is 0 Å². The summed E-state index contributed by atoms with van der Waals surface area (Å²) < 4.78 is 5.28. The van der Waals surface area contributed by atoms with E-state index in [2.05, 4.69) is 0 Å². The predicted molar refractivity (Wildman–Crippen MR) is 63.6 cm³/mol. The highest BCUT2D eigenvalue weighted by Crippen LogP contribution is 2.50. The van der Waals surface area contributed by atoms with E-state index in [0.717, 1.165) is 0 Å². The van der Waals surface area contributed by atoms with Gasteiger partial charge in [-0.2, -0.15) is 0 Å². The second-order valence-corrected chi connectivity index (χ2v) is 4.06. The minimum atomic E-state index is -0.422. The molecule has 84 valence electrons. The van der Waals surface area contributed by atoms with E-state index in [1.165, 1.54) is 6.07 Å². The molecule has 4 rings (SSSR count). The zero-order valence-electron chi connectivity index (χ0n) is 8.51. The third kappa shape index (κ3) is 1.45. The average Bonchev–Trinajstić information content (AvgIpc) is 2.27. The van der Waals surface area contributed by atoms with Crippen LogP contribution in [0, 0.1) is 10.1 Å². The summed E-state index contributed by atoms with van der Waals surface area (Å²) >= 11 is 6.05. The Morgan fingerprint density at radius 2 is 1.94 bits per heavy atom. The van der Waals surface area contributed by atoms with Gasteiger partial charge in [-0.1, -0.05) is 29.8 Å². The van der Waals surface area contributed by atoms with Crippen LogP contribution in [0.5, 0.6) is 11.5 Å². The number of benzene rings is 2. The number of nitrogens with zero attached hydrogens (tertiary/aromatic N) is 1. The fourth-order valence-corrected chi connectivity index (χ4v) is 2.09. The highest BCUT2D eigenvalue weighted by molar-refractivity contribution is 6.33. The highest BCUT2D eigenvalue weighted by atomic mass is 35.5. The maximum atomic E-state index is 11.0. The normalized spacial score (nSPS) is 11.6. The quantitative estimate of drug-likeness (QED) is 0.508. The number of hydrogen-bond donors (Lipinski definition) is 0. The van der Waals surface area contributed by atoms with Crippen molar-refractivity contribution in [1.29, 1.82) is 0 Å². The Morgan fingerprint density at radius 3 is 2.59 bits per heavy atom. The second kappa shape index (κ2) is 3.46. The monoisotopic (exact) mass is 247 g/mol. The van der Waals surface area contributed by atoms with E-state index in [-0.39, 0.29) is 5.69 Å². The molecule has 0 fully saturated rings. The van der Waals surface area contributed by atoms with Crippen molar-refractivity contribution in [2.45, 2.75) is 0 Å².